The first-order valence-corrected chi connectivity index (χ1v) is 7.71. The van der Waals surface area contributed by atoms with Crippen LogP contribution in [-0.2, 0) is 0 Å². The first-order chi connectivity index (χ1) is 9.72. The molecule has 20 heavy (non-hydrogen) atoms. The van der Waals surface area contributed by atoms with Crippen LogP contribution in [0.2, 0.25) is 0 Å². The van der Waals surface area contributed by atoms with Crippen LogP contribution in [0.15, 0.2) is 9.59 Å². The number of nitrogens with one attached hydrogen (secondary N) is 1. The van der Waals surface area contributed by atoms with Gasteiger partial charge in [0.05, 0.1) is 6.61 Å². The summed E-state index contributed by atoms with van der Waals surface area (Å²) in [5, 5.41) is 2.77. The number of unbranched alkanes of at least 4 members (excludes halogenated alkanes) is 7. The summed E-state index contributed by atoms with van der Waals surface area (Å²) < 4.78 is 5.39. The molecule has 0 aromatic heterocycles. The van der Waals surface area contributed by atoms with Crippen LogP contribution < -0.4 is 20.9 Å². The normalized spacial score (nSPS) is 10.9. The van der Waals surface area contributed by atoms with E-state index in [9.17, 15) is 9.59 Å². The van der Waals surface area contributed by atoms with E-state index >= 15 is 0 Å². The van der Waals surface area contributed by atoms with Crippen LogP contribution >= 0.6 is 0 Å². The zero-order valence-electron chi connectivity index (χ0n) is 12.5. The minimum Gasteiger partial charge on any atom is -0.487 e. The van der Waals surface area contributed by atoms with Crippen LogP contribution in [-0.4, -0.2) is 13.2 Å². The lowest BCUT2D eigenvalue weighted by Gasteiger charge is -2.12. The quantitative estimate of drug-likeness (QED) is 0.472. The summed E-state index contributed by atoms with van der Waals surface area (Å²) >= 11 is 0. The summed E-state index contributed by atoms with van der Waals surface area (Å²) in [5.41, 5.74) is -0.704. The van der Waals surface area contributed by atoms with Gasteiger partial charge in [0, 0.05) is 6.54 Å². The van der Waals surface area contributed by atoms with E-state index in [2.05, 4.69) is 19.2 Å². The standard InChI is InChI=1S/C16H26NO3/c1-3-5-6-7-8-9-10-11-12-20-16-13(17-4-2)14(18)15(16)19/h17H,2-12H2,1H3. The summed E-state index contributed by atoms with van der Waals surface area (Å²) in [5.74, 6) is 0.196. The Kier molecular flexibility index (Phi) is 8.00. The van der Waals surface area contributed by atoms with Gasteiger partial charge in [-0.25, -0.2) is 0 Å². The third-order valence-electron chi connectivity index (χ3n) is 3.41. The maximum atomic E-state index is 11.3. The number of rotatable bonds is 12. The molecule has 0 aliphatic rings. The van der Waals surface area contributed by atoms with Crippen molar-refractivity contribution in [2.75, 3.05) is 18.5 Å². The summed E-state index contributed by atoms with van der Waals surface area (Å²) in [6.07, 6.45) is 9.77. The van der Waals surface area contributed by atoms with E-state index in [1.807, 2.05) is 0 Å². The summed E-state index contributed by atoms with van der Waals surface area (Å²) in [7, 11) is 0. The number of hydrogen-bond donors (Lipinski definition) is 1. The molecule has 0 unspecified atom stereocenters. The van der Waals surface area contributed by atoms with Crippen LogP contribution in [0.4, 0.5) is 5.69 Å². The van der Waals surface area contributed by atoms with Gasteiger partial charge in [-0.2, -0.15) is 0 Å². The molecule has 4 heteroatoms. The van der Waals surface area contributed by atoms with E-state index in [1.54, 1.807) is 0 Å². The molecule has 0 heterocycles. The molecule has 4 nitrogen and oxygen atoms in total. The van der Waals surface area contributed by atoms with E-state index in [-0.39, 0.29) is 5.75 Å². The van der Waals surface area contributed by atoms with Crippen molar-refractivity contribution in [3.63, 3.8) is 0 Å². The SMILES string of the molecule is [CH2]CNc1c(OCCCCCCCCCC)c(=O)c1=O. The van der Waals surface area contributed by atoms with Gasteiger partial charge in [0.25, 0.3) is 10.9 Å². The maximum absolute atomic E-state index is 11.3. The highest BCUT2D eigenvalue weighted by Gasteiger charge is 2.21. The second-order valence-corrected chi connectivity index (χ2v) is 5.11. The molecule has 0 saturated heterocycles. The largest absolute Gasteiger partial charge is 0.487 e. The van der Waals surface area contributed by atoms with Crippen LogP contribution in [0.1, 0.15) is 58.3 Å². The number of ether oxygens (including phenoxy) is 1. The van der Waals surface area contributed by atoms with Crippen molar-refractivity contribution in [1.82, 2.24) is 0 Å². The first kappa shape index (κ1) is 16.7. The zero-order chi connectivity index (χ0) is 14.8. The minimum atomic E-state index is -0.513. The van der Waals surface area contributed by atoms with Crippen molar-refractivity contribution in [3.05, 3.63) is 27.4 Å². The van der Waals surface area contributed by atoms with Gasteiger partial charge in [-0.3, -0.25) is 9.59 Å². The van der Waals surface area contributed by atoms with E-state index in [1.165, 1.54) is 38.5 Å². The maximum Gasteiger partial charge on any atom is 0.272 e. The predicted octanol–water partition coefficient (Wildman–Crippen LogP) is 3.05. The molecule has 0 amide bonds. The molecule has 0 spiro atoms. The van der Waals surface area contributed by atoms with Crippen molar-refractivity contribution < 1.29 is 4.74 Å². The molecular weight excluding hydrogens is 254 g/mol. The van der Waals surface area contributed by atoms with Gasteiger partial charge < -0.3 is 10.1 Å². The highest BCUT2D eigenvalue weighted by Crippen LogP contribution is 2.17. The summed E-state index contributed by atoms with van der Waals surface area (Å²) in [6.45, 7) is 6.69. The lowest BCUT2D eigenvalue weighted by molar-refractivity contribution is 0.300. The Morgan fingerprint density at radius 3 is 2.15 bits per heavy atom. The van der Waals surface area contributed by atoms with Gasteiger partial charge in [0.2, 0.25) is 0 Å². The molecule has 1 rings (SSSR count). The van der Waals surface area contributed by atoms with E-state index in [4.69, 9.17) is 4.74 Å². The Morgan fingerprint density at radius 1 is 0.950 bits per heavy atom. The van der Waals surface area contributed by atoms with Crippen molar-refractivity contribution in [2.45, 2.75) is 58.3 Å². The smallest absolute Gasteiger partial charge is 0.272 e. The van der Waals surface area contributed by atoms with E-state index in [0.29, 0.717) is 18.8 Å². The third-order valence-corrected chi connectivity index (χ3v) is 3.41. The Balaban J connectivity index is 2.09. The van der Waals surface area contributed by atoms with Crippen LogP contribution in [0.25, 0.3) is 0 Å². The Morgan fingerprint density at radius 2 is 1.55 bits per heavy atom. The molecule has 1 radical (unpaired) electrons. The second-order valence-electron chi connectivity index (χ2n) is 5.11. The molecule has 0 bridgehead atoms. The van der Waals surface area contributed by atoms with Crippen molar-refractivity contribution >= 4 is 5.69 Å². The third kappa shape index (κ3) is 4.99. The minimum absolute atomic E-state index is 0.196. The van der Waals surface area contributed by atoms with Gasteiger partial charge in [0.15, 0.2) is 5.75 Å². The fourth-order valence-corrected chi connectivity index (χ4v) is 2.20. The molecule has 0 atom stereocenters. The summed E-state index contributed by atoms with van der Waals surface area (Å²) in [6, 6.07) is 0. The molecule has 0 saturated carbocycles. The summed E-state index contributed by atoms with van der Waals surface area (Å²) in [4.78, 5) is 22.6. The molecule has 0 aliphatic heterocycles. The number of anilines is 1. The molecule has 1 N–H and O–H groups in total. The molecular formula is C16H26NO3. The highest BCUT2D eigenvalue weighted by molar-refractivity contribution is 5.61. The first-order valence-electron chi connectivity index (χ1n) is 7.71. The fraction of sp³-hybridized carbons (Fsp3) is 0.688. The fourth-order valence-electron chi connectivity index (χ4n) is 2.20. The second kappa shape index (κ2) is 9.56. The topological polar surface area (TPSA) is 55.4 Å². The van der Waals surface area contributed by atoms with Gasteiger partial charge in [0.1, 0.15) is 5.69 Å². The predicted molar refractivity (Wildman–Crippen MR) is 83.3 cm³/mol. The van der Waals surface area contributed by atoms with Gasteiger partial charge >= 0.3 is 0 Å². The van der Waals surface area contributed by atoms with E-state index in [0.717, 1.165) is 12.8 Å². The molecule has 1 aromatic carbocycles. The van der Waals surface area contributed by atoms with E-state index < -0.39 is 10.9 Å². The molecule has 113 valence electrons. The molecule has 0 aliphatic carbocycles. The average Bonchev–Trinajstić information content (AvgIpc) is 2.47. The Labute approximate surface area is 121 Å². The Bertz CT molecular complexity index is 447. The zero-order valence-corrected chi connectivity index (χ0v) is 12.5. The van der Waals surface area contributed by atoms with Crippen LogP contribution in [0, 0.1) is 6.92 Å². The lowest BCUT2D eigenvalue weighted by Crippen LogP contribution is -2.36. The lowest BCUT2D eigenvalue weighted by atomic mass is 10.1. The van der Waals surface area contributed by atoms with Crippen molar-refractivity contribution in [2.24, 2.45) is 0 Å². The average molecular weight is 280 g/mol. The molecule has 1 aromatic rings. The Hall–Kier alpha value is -1.32. The molecule has 0 fully saturated rings. The van der Waals surface area contributed by atoms with Crippen LogP contribution in [0.5, 0.6) is 5.75 Å². The van der Waals surface area contributed by atoms with Gasteiger partial charge in [-0.15, -0.1) is 0 Å². The van der Waals surface area contributed by atoms with Crippen molar-refractivity contribution in [3.8, 4) is 5.75 Å². The van der Waals surface area contributed by atoms with Gasteiger partial charge in [-0.05, 0) is 13.3 Å². The van der Waals surface area contributed by atoms with Crippen LogP contribution in [0.3, 0.4) is 0 Å². The van der Waals surface area contributed by atoms with Gasteiger partial charge in [-0.1, -0.05) is 51.9 Å². The van der Waals surface area contributed by atoms with Crippen molar-refractivity contribution in [1.29, 1.82) is 0 Å². The number of hydrogen-bond acceptors (Lipinski definition) is 4. The highest BCUT2D eigenvalue weighted by atomic mass is 16.5. The monoisotopic (exact) mass is 280 g/mol.